The van der Waals surface area contributed by atoms with Crippen LogP contribution in [0.5, 0.6) is 11.5 Å². The number of rotatable bonds is 7. The number of nitrogens with one attached hydrogen (secondary N) is 2. The number of aliphatic imine (C=N–C) groups is 1. The monoisotopic (exact) mass is 424 g/mol. The lowest BCUT2D eigenvalue weighted by atomic mass is 10.1. The minimum atomic E-state index is 0.304. The number of aromatic nitrogens is 1. The summed E-state index contributed by atoms with van der Waals surface area (Å²) in [6, 6.07) is 10.2. The van der Waals surface area contributed by atoms with E-state index >= 15 is 0 Å². The summed E-state index contributed by atoms with van der Waals surface area (Å²) in [6.07, 6.45) is 2.75. The van der Waals surface area contributed by atoms with E-state index in [1.807, 2.05) is 24.4 Å². The van der Waals surface area contributed by atoms with Gasteiger partial charge in [-0.25, -0.2) is 9.98 Å². The Morgan fingerprint density at radius 2 is 1.94 bits per heavy atom. The minimum Gasteiger partial charge on any atom is -0.454 e. The molecule has 4 rings (SSSR count). The zero-order chi connectivity index (χ0) is 21.5. The van der Waals surface area contributed by atoms with Crippen molar-refractivity contribution in [3.05, 3.63) is 47.7 Å². The SMILES string of the molecule is CCNC(=NCc1cccnc1N1CCN(C)CC1)NCCc1ccc2c(c1)OCO2. The van der Waals surface area contributed by atoms with Gasteiger partial charge >= 0.3 is 0 Å². The van der Waals surface area contributed by atoms with E-state index in [4.69, 9.17) is 14.5 Å². The van der Waals surface area contributed by atoms with Crippen LogP contribution in [0.25, 0.3) is 0 Å². The molecule has 1 aromatic carbocycles. The van der Waals surface area contributed by atoms with Crippen LogP contribution in [0.3, 0.4) is 0 Å². The van der Waals surface area contributed by atoms with Crippen LogP contribution >= 0.6 is 0 Å². The number of fused-ring (bicyclic) bond motifs is 1. The molecule has 8 nitrogen and oxygen atoms in total. The molecule has 0 amide bonds. The molecule has 2 aromatic rings. The summed E-state index contributed by atoms with van der Waals surface area (Å²) in [7, 11) is 2.17. The first-order valence-corrected chi connectivity index (χ1v) is 11.0. The molecule has 0 aliphatic carbocycles. The third kappa shape index (κ3) is 5.58. The molecular formula is C23H32N6O2. The largest absolute Gasteiger partial charge is 0.454 e. The second kappa shape index (κ2) is 10.3. The van der Waals surface area contributed by atoms with Crippen LogP contribution < -0.4 is 25.0 Å². The van der Waals surface area contributed by atoms with Crippen molar-refractivity contribution in [1.82, 2.24) is 20.5 Å². The van der Waals surface area contributed by atoms with Crippen LogP contribution in [0.4, 0.5) is 5.82 Å². The molecule has 2 aliphatic heterocycles. The van der Waals surface area contributed by atoms with E-state index in [0.717, 1.165) is 74.5 Å². The summed E-state index contributed by atoms with van der Waals surface area (Å²) in [5.74, 6) is 3.51. The van der Waals surface area contributed by atoms with Crippen molar-refractivity contribution in [2.45, 2.75) is 19.9 Å². The molecule has 1 saturated heterocycles. The fraction of sp³-hybridized carbons (Fsp3) is 0.478. The van der Waals surface area contributed by atoms with Gasteiger partial charge in [-0.05, 0) is 44.2 Å². The summed E-state index contributed by atoms with van der Waals surface area (Å²) in [4.78, 5) is 14.2. The molecule has 1 fully saturated rings. The molecular weight excluding hydrogens is 392 g/mol. The van der Waals surface area contributed by atoms with Crippen LogP contribution in [-0.4, -0.2) is 69.0 Å². The Kier molecular flexibility index (Phi) is 7.09. The molecule has 8 heteroatoms. The van der Waals surface area contributed by atoms with Gasteiger partial charge in [0, 0.05) is 51.0 Å². The van der Waals surface area contributed by atoms with Gasteiger partial charge in [0.05, 0.1) is 6.54 Å². The molecule has 166 valence electrons. The highest BCUT2D eigenvalue weighted by molar-refractivity contribution is 5.79. The molecule has 0 bridgehead atoms. The van der Waals surface area contributed by atoms with Crippen molar-refractivity contribution >= 4 is 11.8 Å². The molecule has 31 heavy (non-hydrogen) atoms. The van der Waals surface area contributed by atoms with E-state index in [2.05, 4.69) is 51.5 Å². The summed E-state index contributed by atoms with van der Waals surface area (Å²) < 4.78 is 10.9. The van der Waals surface area contributed by atoms with Gasteiger partial charge < -0.3 is 29.9 Å². The lowest BCUT2D eigenvalue weighted by molar-refractivity contribution is 0.174. The van der Waals surface area contributed by atoms with Crippen molar-refractivity contribution in [3.63, 3.8) is 0 Å². The Morgan fingerprint density at radius 3 is 2.77 bits per heavy atom. The number of benzene rings is 1. The van der Waals surface area contributed by atoms with Crippen molar-refractivity contribution in [3.8, 4) is 11.5 Å². The maximum absolute atomic E-state index is 5.47. The third-order valence-corrected chi connectivity index (χ3v) is 5.57. The summed E-state index contributed by atoms with van der Waals surface area (Å²) in [5.41, 5.74) is 2.36. The Bertz CT molecular complexity index is 895. The predicted octanol–water partition coefficient (Wildman–Crippen LogP) is 1.86. The molecule has 3 heterocycles. The fourth-order valence-electron chi connectivity index (χ4n) is 3.78. The van der Waals surface area contributed by atoms with Crippen molar-refractivity contribution < 1.29 is 9.47 Å². The van der Waals surface area contributed by atoms with Crippen molar-refractivity contribution in [1.29, 1.82) is 0 Å². The first-order chi connectivity index (χ1) is 15.2. The molecule has 0 radical (unpaired) electrons. The Balaban J connectivity index is 1.36. The van der Waals surface area contributed by atoms with Gasteiger partial charge in [0.1, 0.15) is 5.82 Å². The highest BCUT2D eigenvalue weighted by Gasteiger charge is 2.18. The van der Waals surface area contributed by atoms with Gasteiger partial charge in [0.25, 0.3) is 0 Å². The normalized spacial score (nSPS) is 16.5. The Labute approximate surface area is 184 Å². The highest BCUT2D eigenvalue weighted by Crippen LogP contribution is 2.32. The maximum Gasteiger partial charge on any atom is 0.231 e. The first kappa shape index (κ1) is 21.2. The molecule has 0 saturated carbocycles. The number of ether oxygens (including phenoxy) is 2. The maximum atomic E-state index is 5.47. The molecule has 0 spiro atoms. The number of nitrogens with zero attached hydrogens (tertiary/aromatic N) is 4. The average molecular weight is 425 g/mol. The highest BCUT2D eigenvalue weighted by atomic mass is 16.7. The van der Waals surface area contributed by atoms with Crippen LogP contribution in [0.1, 0.15) is 18.1 Å². The number of piperazine rings is 1. The number of guanidine groups is 1. The smallest absolute Gasteiger partial charge is 0.231 e. The zero-order valence-electron chi connectivity index (χ0n) is 18.4. The molecule has 0 atom stereocenters. The zero-order valence-corrected chi connectivity index (χ0v) is 18.4. The number of hydrogen-bond donors (Lipinski definition) is 2. The summed E-state index contributed by atoms with van der Waals surface area (Å²) >= 11 is 0. The van der Waals surface area contributed by atoms with Crippen molar-refractivity contribution in [2.75, 3.05) is 58.0 Å². The van der Waals surface area contributed by atoms with Gasteiger partial charge in [-0.1, -0.05) is 12.1 Å². The number of likely N-dealkylation sites (N-methyl/N-ethyl adjacent to an activating group) is 1. The summed E-state index contributed by atoms with van der Waals surface area (Å²) in [6.45, 7) is 8.68. The molecule has 2 N–H and O–H groups in total. The average Bonchev–Trinajstić information content (AvgIpc) is 3.26. The van der Waals surface area contributed by atoms with Crippen LogP contribution in [0.2, 0.25) is 0 Å². The predicted molar refractivity (Wildman–Crippen MR) is 123 cm³/mol. The number of hydrogen-bond acceptors (Lipinski definition) is 6. The Morgan fingerprint density at radius 1 is 1.10 bits per heavy atom. The standard InChI is InChI=1S/C23H32N6O2/c1-3-24-23(26-10-8-18-6-7-20-21(15-18)31-17-30-20)27-16-19-5-4-9-25-22(19)29-13-11-28(2)12-14-29/h4-7,9,15H,3,8,10-14,16-17H2,1-2H3,(H2,24,26,27). The Hall–Kier alpha value is -3.00. The van der Waals surface area contributed by atoms with Gasteiger partial charge in [0.2, 0.25) is 6.79 Å². The van der Waals surface area contributed by atoms with Crippen LogP contribution in [0, 0.1) is 0 Å². The van der Waals surface area contributed by atoms with Crippen LogP contribution in [0.15, 0.2) is 41.5 Å². The number of pyridine rings is 1. The third-order valence-electron chi connectivity index (χ3n) is 5.57. The lowest BCUT2D eigenvalue weighted by Gasteiger charge is -2.34. The molecule has 0 unspecified atom stereocenters. The van der Waals surface area contributed by atoms with Gasteiger partial charge in [-0.3, -0.25) is 0 Å². The lowest BCUT2D eigenvalue weighted by Crippen LogP contribution is -2.45. The van der Waals surface area contributed by atoms with Gasteiger partial charge in [0.15, 0.2) is 17.5 Å². The molecule has 1 aromatic heterocycles. The summed E-state index contributed by atoms with van der Waals surface area (Å²) in [5, 5.41) is 6.78. The fourth-order valence-corrected chi connectivity index (χ4v) is 3.78. The van der Waals surface area contributed by atoms with Crippen molar-refractivity contribution in [2.24, 2.45) is 4.99 Å². The number of anilines is 1. The van der Waals surface area contributed by atoms with E-state index in [-0.39, 0.29) is 0 Å². The minimum absolute atomic E-state index is 0.304. The van der Waals surface area contributed by atoms with E-state index in [1.165, 1.54) is 5.56 Å². The van der Waals surface area contributed by atoms with Gasteiger partial charge in [-0.2, -0.15) is 0 Å². The van der Waals surface area contributed by atoms with E-state index in [9.17, 15) is 0 Å². The van der Waals surface area contributed by atoms with E-state index < -0.39 is 0 Å². The molecule has 2 aliphatic rings. The van der Waals surface area contributed by atoms with Crippen LogP contribution in [-0.2, 0) is 13.0 Å². The first-order valence-electron chi connectivity index (χ1n) is 11.0. The van der Waals surface area contributed by atoms with Gasteiger partial charge in [-0.15, -0.1) is 0 Å². The second-order valence-corrected chi connectivity index (χ2v) is 7.84. The second-order valence-electron chi connectivity index (χ2n) is 7.84. The van der Waals surface area contributed by atoms with E-state index in [1.54, 1.807) is 0 Å². The topological polar surface area (TPSA) is 74.3 Å². The quantitative estimate of drug-likeness (QED) is 0.519. The van der Waals surface area contributed by atoms with E-state index in [0.29, 0.717) is 13.3 Å².